The number of aldehydes is 1. The minimum atomic E-state index is -0.783. The lowest BCUT2D eigenvalue weighted by atomic mass is 9.99. The highest BCUT2D eigenvalue weighted by molar-refractivity contribution is 9.12. The SMILES string of the molecule is COC1=CC=C(Br)C(=O)C1C=O. The summed E-state index contributed by atoms with van der Waals surface area (Å²) in [5, 5.41) is 0. The van der Waals surface area contributed by atoms with Crippen LogP contribution in [0.25, 0.3) is 0 Å². The van der Waals surface area contributed by atoms with E-state index in [4.69, 9.17) is 4.74 Å². The quantitative estimate of drug-likeness (QED) is 0.529. The molecule has 1 atom stereocenters. The van der Waals surface area contributed by atoms with Gasteiger partial charge in [-0.2, -0.15) is 0 Å². The molecule has 4 heteroatoms. The van der Waals surface area contributed by atoms with Crippen molar-refractivity contribution in [3.63, 3.8) is 0 Å². The zero-order chi connectivity index (χ0) is 9.14. The lowest BCUT2D eigenvalue weighted by molar-refractivity contribution is -0.124. The van der Waals surface area contributed by atoms with Crippen molar-refractivity contribution >= 4 is 28.0 Å². The van der Waals surface area contributed by atoms with Gasteiger partial charge in [0, 0.05) is 0 Å². The molecule has 0 heterocycles. The number of rotatable bonds is 2. The number of hydrogen-bond donors (Lipinski definition) is 0. The molecule has 12 heavy (non-hydrogen) atoms. The molecule has 0 radical (unpaired) electrons. The van der Waals surface area contributed by atoms with Crippen LogP contribution in [0.15, 0.2) is 22.4 Å². The van der Waals surface area contributed by atoms with Crippen LogP contribution in [-0.4, -0.2) is 19.2 Å². The normalized spacial score (nSPS) is 22.8. The molecule has 0 spiro atoms. The van der Waals surface area contributed by atoms with Crippen LogP contribution in [0, 0.1) is 5.92 Å². The Bertz CT molecular complexity index is 278. The van der Waals surface area contributed by atoms with Crippen molar-refractivity contribution in [2.24, 2.45) is 5.92 Å². The molecule has 0 aromatic heterocycles. The highest BCUT2D eigenvalue weighted by atomic mass is 79.9. The fraction of sp³-hybridized carbons (Fsp3) is 0.250. The summed E-state index contributed by atoms with van der Waals surface area (Å²) in [7, 11) is 1.43. The summed E-state index contributed by atoms with van der Waals surface area (Å²) in [6.45, 7) is 0. The predicted molar refractivity (Wildman–Crippen MR) is 46.7 cm³/mol. The van der Waals surface area contributed by atoms with Gasteiger partial charge in [-0.15, -0.1) is 0 Å². The average Bonchev–Trinajstić information content (AvgIpc) is 2.09. The van der Waals surface area contributed by atoms with Crippen LogP contribution in [0.4, 0.5) is 0 Å². The van der Waals surface area contributed by atoms with E-state index in [9.17, 15) is 9.59 Å². The lowest BCUT2D eigenvalue weighted by Gasteiger charge is -2.14. The van der Waals surface area contributed by atoms with Gasteiger partial charge < -0.3 is 9.53 Å². The molecule has 1 rings (SSSR count). The van der Waals surface area contributed by atoms with Gasteiger partial charge >= 0.3 is 0 Å². The fourth-order valence-corrected chi connectivity index (χ4v) is 1.32. The van der Waals surface area contributed by atoms with Gasteiger partial charge in [-0.3, -0.25) is 4.79 Å². The molecule has 0 aromatic carbocycles. The van der Waals surface area contributed by atoms with Crippen molar-refractivity contribution in [1.82, 2.24) is 0 Å². The van der Waals surface area contributed by atoms with Crippen molar-refractivity contribution < 1.29 is 14.3 Å². The van der Waals surface area contributed by atoms with E-state index in [0.29, 0.717) is 16.5 Å². The molecule has 1 unspecified atom stereocenters. The fourth-order valence-electron chi connectivity index (χ4n) is 0.943. The maximum atomic E-state index is 11.3. The maximum Gasteiger partial charge on any atom is 0.187 e. The third kappa shape index (κ3) is 1.48. The Morgan fingerprint density at radius 1 is 1.58 bits per heavy atom. The van der Waals surface area contributed by atoms with Gasteiger partial charge in [-0.25, -0.2) is 0 Å². The second-order valence-electron chi connectivity index (χ2n) is 2.27. The van der Waals surface area contributed by atoms with Crippen molar-refractivity contribution in [2.45, 2.75) is 0 Å². The Labute approximate surface area is 78.2 Å². The van der Waals surface area contributed by atoms with Gasteiger partial charge in [-0.05, 0) is 28.1 Å². The topological polar surface area (TPSA) is 43.4 Å². The molecule has 0 saturated carbocycles. The Morgan fingerprint density at radius 2 is 2.25 bits per heavy atom. The largest absolute Gasteiger partial charge is 0.500 e. The van der Waals surface area contributed by atoms with Crippen LogP contribution >= 0.6 is 15.9 Å². The summed E-state index contributed by atoms with van der Waals surface area (Å²) in [5.41, 5.74) is 0. The summed E-state index contributed by atoms with van der Waals surface area (Å²) >= 11 is 3.04. The highest BCUT2D eigenvalue weighted by Crippen LogP contribution is 2.23. The monoisotopic (exact) mass is 230 g/mol. The van der Waals surface area contributed by atoms with Crippen LogP contribution in [0.2, 0.25) is 0 Å². The molecule has 1 aliphatic carbocycles. The van der Waals surface area contributed by atoms with Crippen molar-refractivity contribution in [2.75, 3.05) is 7.11 Å². The molecule has 3 nitrogen and oxygen atoms in total. The molecule has 0 aromatic rings. The van der Waals surface area contributed by atoms with Gasteiger partial charge in [-0.1, -0.05) is 0 Å². The zero-order valence-electron chi connectivity index (χ0n) is 6.41. The Balaban J connectivity index is 3.01. The third-order valence-electron chi connectivity index (χ3n) is 1.59. The first-order chi connectivity index (χ1) is 5.70. The summed E-state index contributed by atoms with van der Waals surface area (Å²) < 4.78 is 5.26. The molecule has 0 saturated heterocycles. The second-order valence-corrected chi connectivity index (χ2v) is 3.12. The number of Topliss-reactive ketones (excluding diaryl/α,β-unsaturated/α-hetero) is 1. The van der Waals surface area contributed by atoms with Gasteiger partial charge in [0.15, 0.2) is 5.78 Å². The summed E-state index contributed by atoms with van der Waals surface area (Å²) in [6, 6.07) is 0. The van der Waals surface area contributed by atoms with E-state index in [2.05, 4.69) is 15.9 Å². The first-order valence-corrected chi connectivity index (χ1v) is 4.11. The number of ketones is 1. The Kier molecular flexibility index (Phi) is 2.81. The number of allylic oxidation sites excluding steroid dienone is 4. The molecule has 0 bridgehead atoms. The standard InChI is InChI=1S/C8H7BrO3/c1-12-7-3-2-6(9)8(11)5(7)4-10/h2-5H,1H3. The highest BCUT2D eigenvalue weighted by Gasteiger charge is 2.27. The average molecular weight is 231 g/mol. The van der Waals surface area contributed by atoms with Crippen molar-refractivity contribution in [3.8, 4) is 0 Å². The van der Waals surface area contributed by atoms with E-state index in [1.807, 2.05) is 0 Å². The number of ether oxygens (including phenoxy) is 1. The van der Waals surface area contributed by atoms with Gasteiger partial charge in [0.25, 0.3) is 0 Å². The second kappa shape index (κ2) is 3.67. The molecular weight excluding hydrogens is 224 g/mol. The van der Waals surface area contributed by atoms with E-state index in [1.165, 1.54) is 7.11 Å². The van der Waals surface area contributed by atoms with E-state index in [-0.39, 0.29) is 5.78 Å². The molecule has 0 amide bonds. The summed E-state index contributed by atoms with van der Waals surface area (Å²) in [5.74, 6) is -0.656. The molecule has 0 aliphatic heterocycles. The Hall–Kier alpha value is -0.900. The minimum absolute atomic E-state index is 0.260. The first-order valence-electron chi connectivity index (χ1n) is 3.31. The van der Waals surface area contributed by atoms with Crippen molar-refractivity contribution in [1.29, 1.82) is 0 Å². The third-order valence-corrected chi connectivity index (χ3v) is 2.25. The molecule has 0 fully saturated rings. The number of halogens is 1. The van der Waals surface area contributed by atoms with Crippen molar-refractivity contribution in [3.05, 3.63) is 22.4 Å². The van der Waals surface area contributed by atoms with E-state index in [1.54, 1.807) is 12.2 Å². The van der Waals surface area contributed by atoms with Crippen LogP contribution < -0.4 is 0 Å². The van der Waals surface area contributed by atoms with Crippen LogP contribution in [0.1, 0.15) is 0 Å². The number of methoxy groups -OCH3 is 1. The molecular formula is C8H7BrO3. The van der Waals surface area contributed by atoms with Crippen LogP contribution in [-0.2, 0) is 14.3 Å². The lowest BCUT2D eigenvalue weighted by Crippen LogP contribution is -2.21. The number of carbonyl (C=O) groups is 2. The predicted octanol–water partition coefficient (Wildman–Crippen LogP) is 1.19. The summed E-state index contributed by atoms with van der Waals surface area (Å²) in [6.07, 6.45) is 3.75. The van der Waals surface area contributed by atoms with E-state index < -0.39 is 5.92 Å². The Morgan fingerprint density at radius 3 is 2.75 bits per heavy atom. The van der Waals surface area contributed by atoms with Gasteiger partial charge in [0.2, 0.25) is 0 Å². The molecule has 64 valence electrons. The van der Waals surface area contributed by atoms with Gasteiger partial charge in [0.05, 0.1) is 11.6 Å². The van der Waals surface area contributed by atoms with E-state index >= 15 is 0 Å². The maximum absolute atomic E-state index is 11.3. The smallest absolute Gasteiger partial charge is 0.187 e. The zero-order valence-corrected chi connectivity index (χ0v) is 8.00. The minimum Gasteiger partial charge on any atom is -0.500 e. The molecule has 1 aliphatic rings. The number of carbonyl (C=O) groups excluding carboxylic acids is 2. The first kappa shape index (κ1) is 9.19. The van der Waals surface area contributed by atoms with Crippen LogP contribution in [0.5, 0.6) is 0 Å². The summed E-state index contributed by atoms with van der Waals surface area (Å²) in [4.78, 5) is 21.8. The van der Waals surface area contributed by atoms with Crippen LogP contribution in [0.3, 0.4) is 0 Å². The number of hydrogen-bond acceptors (Lipinski definition) is 3. The van der Waals surface area contributed by atoms with Gasteiger partial charge in [0.1, 0.15) is 18.0 Å². The van der Waals surface area contributed by atoms with E-state index in [0.717, 1.165) is 0 Å². The molecule has 0 N–H and O–H groups in total.